The molecular weight excluding hydrogens is 506 g/mol. The number of amides is 3. The Morgan fingerprint density at radius 1 is 0.842 bits per heavy atom. The molecule has 0 unspecified atom stereocenters. The first-order valence-corrected chi connectivity index (χ1v) is 12.4. The largest absolute Gasteiger partial charge is 0.497 e. The molecule has 1 atom stereocenters. The van der Waals surface area contributed by atoms with Gasteiger partial charge in [-0.1, -0.05) is 41.7 Å². The molecular formula is C27H27N5O5S. The predicted octanol–water partition coefficient (Wildman–Crippen LogP) is 4.60. The molecule has 1 heterocycles. The zero-order valence-corrected chi connectivity index (χ0v) is 21.9. The zero-order chi connectivity index (χ0) is 26.9. The number of nitrogens with zero attached hydrogens (tertiary/aromatic N) is 2. The Hall–Kier alpha value is -4.64. The van der Waals surface area contributed by atoms with Crippen molar-refractivity contribution in [3.8, 4) is 27.8 Å². The predicted molar refractivity (Wildman–Crippen MR) is 146 cm³/mol. The third-order valence-electron chi connectivity index (χ3n) is 5.55. The summed E-state index contributed by atoms with van der Waals surface area (Å²) in [6.07, 6.45) is 0.268. The van der Waals surface area contributed by atoms with E-state index in [1.165, 1.54) is 18.4 Å². The van der Waals surface area contributed by atoms with Crippen LogP contribution in [0.25, 0.3) is 10.6 Å². The number of nitrogens with one attached hydrogen (secondary N) is 3. The van der Waals surface area contributed by atoms with Gasteiger partial charge >= 0.3 is 6.03 Å². The molecule has 0 bridgehead atoms. The van der Waals surface area contributed by atoms with Crippen molar-refractivity contribution in [1.82, 2.24) is 15.5 Å². The number of ether oxygens (including phenoxy) is 3. The Balaban J connectivity index is 1.48. The highest BCUT2D eigenvalue weighted by Crippen LogP contribution is 2.29. The van der Waals surface area contributed by atoms with Gasteiger partial charge in [0.15, 0.2) is 0 Å². The van der Waals surface area contributed by atoms with Crippen molar-refractivity contribution in [2.24, 2.45) is 0 Å². The van der Waals surface area contributed by atoms with Crippen LogP contribution in [-0.2, 0) is 11.2 Å². The fourth-order valence-electron chi connectivity index (χ4n) is 3.59. The van der Waals surface area contributed by atoms with Crippen molar-refractivity contribution < 1.29 is 23.8 Å². The van der Waals surface area contributed by atoms with Gasteiger partial charge in [0.1, 0.15) is 28.3 Å². The third-order valence-corrected chi connectivity index (χ3v) is 6.44. The van der Waals surface area contributed by atoms with E-state index in [0.717, 1.165) is 16.9 Å². The molecule has 0 fully saturated rings. The maximum absolute atomic E-state index is 13.3. The van der Waals surface area contributed by atoms with E-state index < -0.39 is 18.0 Å². The molecule has 3 N–H and O–H groups in total. The minimum atomic E-state index is -0.894. The van der Waals surface area contributed by atoms with Crippen molar-refractivity contribution >= 4 is 34.1 Å². The SMILES string of the molecule is COc1ccc(-c2nnc(NC(=O)[C@@H](Cc3ccccc3)NC(=O)Nc3ccc(OC)cc3OC)s2)cc1. The molecule has 0 saturated carbocycles. The summed E-state index contributed by atoms with van der Waals surface area (Å²) in [5.74, 6) is 1.30. The smallest absolute Gasteiger partial charge is 0.320 e. The Morgan fingerprint density at radius 3 is 2.24 bits per heavy atom. The minimum Gasteiger partial charge on any atom is -0.497 e. The van der Waals surface area contributed by atoms with E-state index in [9.17, 15) is 9.59 Å². The van der Waals surface area contributed by atoms with Gasteiger partial charge in [0.25, 0.3) is 0 Å². The molecule has 0 aliphatic rings. The van der Waals surface area contributed by atoms with E-state index >= 15 is 0 Å². The fraction of sp³-hybridized carbons (Fsp3) is 0.185. The maximum atomic E-state index is 13.3. The van der Waals surface area contributed by atoms with Crippen LogP contribution in [-0.4, -0.2) is 49.5 Å². The lowest BCUT2D eigenvalue weighted by Gasteiger charge is -2.19. The van der Waals surface area contributed by atoms with Crippen LogP contribution < -0.4 is 30.2 Å². The van der Waals surface area contributed by atoms with E-state index in [1.807, 2.05) is 54.6 Å². The topological polar surface area (TPSA) is 124 Å². The normalized spacial score (nSPS) is 11.2. The molecule has 38 heavy (non-hydrogen) atoms. The molecule has 1 aromatic heterocycles. The second-order valence-electron chi connectivity index (χ2n) is 8.04. The number of anilines is 2. The second-order valence-corrected chi connectivity index (χ2v) is 9.01. The molecule has 0 spiro atoms. The van der Waals surface area contributed by atoms with Gasteiger partial charge in [0.2, 0.25) is 11.0 Å². The van der Waals surface area contributed by atoms with Crippen LogP contribution in [0.1, 0.15) is 5.56 Å². The van der Waals surface area contributed by atoms with E-state index in [1.54, 1.807) is 32.4 Å². The number of hydrogen-bond donors (Lipinski definition) is 3. The number of rotatable bonds is 10. The molecule has 4 rings (SSSR count). The Bertz CT molecular complexity index is 1380. The Morgan fingerprint density at radius 2 is 1.55 bits per heavy atom. The zero-order valence-electron chi connectivity index (χ0n) is 21.1. The summed E-state index contributed by atoms with van der Waals surface area (Å²) in [6, 6.07) is 20.3. The van der Waals surface area contributed by atoms with Crippen molar-refractivity contribution in [2.45, 2.75) is 12.5 Å². The molecule has 4 aromatic rings. The summed E-state index contributed by atoms with van der Waals surface area (Å²) >= 11 is 1.23. The van der Waals surface area contributed by atoms with Crippen LogP contribution in [0.2, 0.25) is 0 Å². The van der Waals surface area contributed by atoms with Crippen molar-refractivity contribution in [1.29, 1.82) is 0 Å². The van der Waals surface area contributed by atoms with Crippen molar-refractivity contribution in [3.63, 3.8) is 0 Å². The van der Waals surface area contributed by atoms with Gasteiger partial charge in [-0.05, 0) is 42.0 Å². The number of carbonyl (C=O) groups excluding carboxylic acids is 2. The Kier molecular flexibility index (Phi) is 8.73. The maximum Gasteiger partial charge on any atom is 0.320 e. The summed E-state index contributed by atoms with van der Waals surface area (Å²) < 4.78 is 15.7. The molecule has 0 radical (unpaired) electrons. The average Bonchev–Trinajstić information content (AvgIpc) is 3.41. The highest BCUT2D eigenvalue weighted by molar-refractivity contribution is 7.18. The number of hydrogen-bond acceptors (Lipinski definition) is 8. The van der Waals surface area contributed by atoms with Gasteiger partial charge in [0.05, 0.1) is 27.0 Å². The van der Waals surface area contributed by atoms with Crippen LogP contribution in [0.15, 0.2) is 72.8 Å². The number of urea groups is 1. The third kappa shape index (κ3) is 6.77. The van der Waals surface area contributed by atoms with Gasteiger partial charge < -0.3 is 24.8 Å². The van der Waals surface area contributed by atoms with Gasteiger partial charge in [-0.15, -0.1) is 10.2 Å². The van der Waals surface area contributed by atoms with E-state index in [4.69, 9.17) is 14.2 Å². The number of benzene rings is 3. The first kappa shape index (κ1) is 26.4. The number of methoxy groups -OCH3 is 3. The molecule has 10 nitrogen and oxygen atoms in total. The van der Waals surface area contributed by atoms with Gasteiger partial charge in [-0.3, -0.25) is 10.1 Å². The molecule has 0 aliphatic heterocycles. The van der Waals surface area contributed by atoms with Crippen LogP contribution >= 0.6 is 11.3 Å². The van der Waals surface area contributed by atoms with Crippen LogP contribution in [0.4, 0.5) is 15.6 Å². The summed E-state index contributed by atoms with van der Waals surface area (Å²) in [5.41, 5.74) is 2.15. The monoisotopic (exact) mass is 533 g/mol. The van der Waals surface area contributed by atoms with E-state index in [0.29, 0.717) is 27.3 Å². The van der Waals surface area contributed by atoms with Crippen molar-refractivity contribution in [3.05, 3.63) is 78.4 Å². The van der Waals surface area contributed by atoms with Crippen LogP contribution in [0, 0.1) is 0 Å². The summed E-state index contributed by atoms with van der Waals surface area (Å²) in [5, 5.41) is 17.5. The van der Waals surface area contributed by atoms with Crippen LogP contribution in [0.5, 0.6) is 17.2 Å². The van der Waals surface area contributed by atoms with E-state index in [-0.39, 0.29) is 6.42 Å². The van der Waals surface area contributed by atoms with Crippen molar-refractivity contribution in [2.75, 3.05) is 32.0 Å². The standard InChI is InChI=1S/C27H27N5O5S/c1-35-19-11-9-18(10-12-19)25-31-32-27(38-25)30-24(33)22(15-17-7-5-4-6-8-17)29-26(34)28-21-14-13-20(36-2)16-23(21)37-3/h4-14,16,22H,15H2,1-3H3,(H2,28,29,34)(H,30,32,33)/t22-/m1/s1. The van der Waals surface area contributed by atoms with Crippen LogP contribution in [0.3, 0.4) is 0 Å². The second kappa shape index (κ2) is 12.5. The highest BCUT2D eigenvalue weighted by atomic mass is 32.1. The summed E-state index contributed by atoms with van der Waals surface area (Å²) in [7, 11) is 4.63. The van der Waals surface area contributed by atoms with Gasteiger partial charge in [0, 0.05) is 18.1 Å². The molecule has 3 aromatic carbocycles. The first-order valence-electron chi connectivity index (χ1n) is 11.6. The quantitative estimate of drug-likeness (QED) is 0.272. The first-order chi connectivity index (χ1) is 18.5. The highest BCUT2D eigenvalue weighted by Gasteiger charge is 2.23. The molecule has 0 aliphatic carbocycles. The lowest BCUT2D eigenvalue weighted by Crippen LogP contribution is -2.47. The lowest BCUT2D eigenvalue weighted by atomic mass is 10.1. The molecule has 11 heteroatoms. The summed E-state index contributed by atoms with van der Waals surface area (Å²) in [6.45, 7) is 0. The van der Waals surface area contributed by atoms with Gasteiger partial charge in [-0.25, -0.2) is 4.79 Å². The molecule has 0 saturated heterocycles. The van der Waals surface area contributed by atoms with E-state index in [2.05, 4.69) is 26.1 Å². The molecule has 3 amide bonds. The number of carbonyl (C=O) groups is 2. The summed E-state index contributed by atoms with van der Waals surface area (Å²) in [4.78, 5) is 26.2. The van der Waals surface area contributed by atoms with Gasteiger partial charge in [-0.2, -0.15) is 0 Å². The Labute approximate surface area is 224 Å². The molecule has 196 valence electrons. The minimum absolute atomic E-state index is 0.268. The average molecular weight is 534 g/mol. The fourth-order valence-corrected chi connectivity index (χ4v) is 4.35. The lowest BCUT2D eigenvalue weighted by molar-refractivity contribution is -0.117. The number of aromatic nitrogens is 2.